The van der Waals surface area contributed by atoms with Crippen molar-refractivity contribution in [2.24, 2.45) is 0 Å². The van der Waals surface area contributed by atoms with Gasteiger partial charge < -0.3 is 4.90 Å². The second kappa shape index (κ2) is 6.57. The number of amides is 1. The van der Waals surface area contributed by atoms with E-state index in [1.165, 1.54) is 18.2 Å². The summed E-state index contributed by atoms with van der Waals surface area (Å²) in [7, 11) is 0. The van der Waals surface area contributed by atoms with Gasteiger partial charge in [-0.2, -0.15) is 0 Å². The maximum absolute atomic E-state index is 13.8. The summed E-state index contributed by atoms with van der Waals surface area (Å²) in [5.74, 6) is -0.830. The van der Waals surface area contributed by atoms with Crippen LogP contribution in [0.3, 0.4) is 0 Å². The fourth-order valence-electron chi connectivity index (χ4n) is 1.98. The number of carbonyl (C=O) groups is 1. The first kappa shape index (κ1) is 14.6. The van der Waals surface area contributed by atoms with Gasteiger partial charge in [0.15, 0.2) is 0 Å². The van der Waals surface area contributed by atoms with Crippen LogP contribution >= 0.6 is 12.6 Å². The van der Waals surface area contributed by atoms with Crippen molar-refractivity contribution in [2.75, 3.05) is 6.54 Å². The molecule has 0 spiro atoms. The van der Waals surface area contributed by atoms with Crippen molar-refractivity contribution in [3.8, 4) is 0 Å². The summed E-state index contributed by atoms with van der Waals surface area (Å²) in [6.45, 7) is 2.86. The average Bonchev–Trinajstić information content (AvgIpc) is 2.47. The minimum absolute atomic E-state index is 0.0651. The third-order valence-corrected chi connectivity index (χ3v) is 3.34. The number of carbonyl (C=O) groups excluding carboxylic acids is 1. The van der Waals surface area contributed by atoms with Gasteiger partial charge in [-0.25, -0.2) is 4.39 Å². The van der Waals surface area contributed by atoms with Crippen molar-refractivity contribution < 1.29 is 9.18 Å². The first-order chi connectivity index (χ1) is 9.61. The molecule has 4 heteroatoms. The van der Waals surface area contributed by atoms with Crippen molar-refractivity contribution >= 4 is 18.5 Å². The third-order valence-electron chi connectivity index (χ3n) is 3.07. The number of benzene rings is 2. The van der Waals surface area contributed by atoms with E-state index in [-0.39, 0.29) is 11.5 Å². The first-order valence-corrected chi connectivity index (χ1v) is 6.88. The number of thiol groups is 1. The lowest BCUT2D eigenvalue weighted by Gasteiger charge is -2.21. The van der Waals surface area contributed by atoms with Gasteiger partial charge >= 0.3 is 0 Å². The molecule has 2 nitrogen and oxygen atoms in total. The van der Waals surface area contributed by atoms with Crippen molar-refractivity contribution in [1.29, 1.82) is 0 Å². The Kier molecular flexibility index (Phi) is 4.79. The van der Waals surface area contributed by atoms with Gasteiger partial charge in [0.2, 0.25) is 0 Å². The zero-order valence-corrected chi connectivity index (χ0v) is 12.1. The summed E-state index contributed by atoms with van der Waals surface area (Å²) in [6.07, 6.45) is 0. The zero-order chi connectivity index (χ0) is 14.5. The van der Waals surface area contributed by atoms with Crippen molar-refractivity contribution in [3.63, 3.8) is 0 Å². The summed E-state index contributed by atoms with van der Waals surface area (Å²) >= 11 is 4.16. The summed E-state index contributed by atoms with van der Waals surface area (Å²) < 4.78 is 13.8. The number of nitrogens with zero attached hydrogens (tertiary/aromatic N) is 1. The highest BCUT2D eigenvalue weighted by molar-refractivity contribution is 7.80. The molecule has 2 rings (SSSR count). The fourth-order valence-corrected chi connectivity index (χ4v) is 2.18. The summed E-state index contributed by atoms with van der Waals surface area (Å²) in [5, 5.41) is 0. The van der Waals surface area contributed by atoms with E-state index in [9.17, 15) is 9.18 Å². The quantitative estimate of drug-likeness (QED) is 0.849. The molecule has 0 saturated heterocycles. The molecule has 0 N–H and O–H groups in total. The first-order valence-electron chi connectivity index (χ1n) is 6.43. The van der Waals surface area contributed by atoms with Gasteiger partial charge in [-0.15, -0.1) is 12.6 Å². The van der Waals surface area contributed by atoms with E-state index >= 15 is 0 Å². The molecule has 0 radical (unpaired) electrons. The van der Waals surface area contributed by atoms with Gasteiger partial charge in [0.25, 0.3) is 5.91 Å². The molecule has 0 heterocycles. The molecule has 0 aliphatic carbocycles. The Balaban J connectivity index is 2.23. The van der Waals surface area contributed by atoms with E-state index in [2.05, 4.69) is 12.6 Å². The highest BCUT2D eigenvalue weighted by Gasteiger charge is 2.18. The molecule has 0 unspecified atom stereocenters. The van der Waals surface area contributed by atoms with Crippen LogP contribution in [0.4, 0.5) is 4.39 Å². The zero-order valence-electron chi connectivity index (χ0n) is 11.2. The Morgan fingerprint density at radius 2 is 1.90 bits per heavy atom. The molecular weight excluding hydrogens is 273 g/mol. The molecule has 0 aromatic heterocycles. The van der Waals surface area contributed by atoms with Crippen molar-refractivity contribution in [3.05, 3.63) is 65.5 Å². The summed E-state index contributed by atoms with van der Waals surface area (Å²) in [6, 6.07) is 13.9. The van der Waals surface area contributed by atoms with E-state index in [4.69, 9.17) is 0 Å². The second-order valence-electron chi connectivity index (χ2n) is 4.47. The van der Waals surface area contributed by atoms with E-state index in [0.29, 0.717) is 18.0 Å². The minimum atomic E-state index is -0.515. The van der Waals surface area contributed by atoms with E-state index in [1.807, 2.05) is 37.3 Å². The lowest BCUT2D eigenvalue weighted by molar-refractivity contribution is 0.0747. The van der Waals surface area contributed by atoms with E-state index in [1.54, 1.807) is 4.90 Å². The second-order valence-corrected chi connectivity index (χ2v) is 4.99. The van der Waals surface area contributed by atoms with Crippen LogP contribution in [0.25, 0.3) is 0 Å². The molecule has 0 atom stereocenters. The van der Waals surface area contributed by atoms with Crippen LogP contribution in [0, 0.1) is 5.82 Å². The predicted molar refractivity (Wildman–Crippen MR) is 80.5 cm³/mol. The standard InChI is InChI=1S/C16H16FNOS/c1-2-18(11-12-6-4-3-5-7-12)16(19)14-10-13(20)8-9-15(14)17/h3-10,20H,2,11H2,1H3. The molecule has 0 aliphatic rings. The van der Waals surface area contributed by atoms with Gasteiger partial charge in [0, 0.05) is 18.0 Å². The van der Waals surface area contributed by atoms with Gasteiger partial charge in [-0.1, -0.05) is 30.3 Å². The minimum Gasteiger partial charge on any atom is -0.335 e. The predicted octanol–water partition coefficient (Wildman–Crippen LogP) is 3.78. The molecule has 104 valence electrons. The monoisotopic (exact) mass is 289 g/mol. The van der Waals surface area contributed by atoms with Crippen LogP contribution < -0.4 is 0 Å². The molecule has 2 aromatic rings. The Labute approximate surface area is 123 Å². The molecule has 20 heavy (non-hydrogen) atoms. The van der Waals surface area contributed by atoms with Crippen LogP contribution in [0.2, 0.25) is 0 Å². The Hall–Kier alpha value is -1.81. The van der Waals surface area contributed by atoms with Crippen LogP contribution in [-0.4, -0.2) is 17.4 Å². The highest BCUT2D eigenvalue weighted by atomic mass is 32.1. The number of hydrogen-bond acceptors (Lipinski definition) is 2. The van der Waals surface area contributed by atoms with Gasteiger partial charge in [-0.3, -0.25) is 4.79 Å². The lowest BCUT2D eigenvalue weighted by Crippen LogP contribution is -2.31. The Morgan fingerprint density at radius 1 is 1.20 bits per heavy atom. The van der Waals surface area contributed by atoms with Crippen LogP contribution in [0.1, 0.15) is 22.8 Å². The van der Waals surface area contributed by atoms with Crippen molar-refractivity contribution in [1.82, 2.24) is 4.90 Å². The fraction of sp³-hybridized carbons (Fsp3) is 0.188. The Bertz CT molecular complexity index is 601. The van der Waals surface area contributed by atoms with E-state index in [0.717, 1.165) is 5.56 Å². The van der Waals surface area contributed by atoms with Crippen LogP contribution in [0.15, 0.2) is 53.4 Å². The molecule has 0 bridgehead atoms. The maximum atomic E-state index is 13.8. The maximum Gasteiger partial charge on any atom is 0.257 e. The van der Waals surface area contributed by atoms with Crippen molar-refractivity contribution in [2.45, 2.75) is 18.4 Å². The SMILES string of the molecule is CCN(Cc1ccccc1)C(=O)c1cc(S)ccc1F. The van der Waals surface area contributed by atoms with Crippen LogP contribution in [-0.2, 0) is 6.54 Å². The smallest absolute Gasteiger partial charge is 0.257 e. The lowest BCUT2D eigenvalue weighted by atomic mass is 10.1. The molecule has 0 fully saturated rings. The van der Waals surface area contributed by atoms with Crippen LogP contribution in [0.5, 0.6) is 0 Å². The normalized spacial score (nSPS) is 10.3. The largest absolute Gasteiger partial charge is 0.335 e. The average molecular weight is 289 g/mol. The summed E-state index contributed by atoms with van der Waals surface area (Å²) in [4.78, 5) is 14.6. The molecular formula is C16H16FNOS. The van der Waals surface area contributed by atoms with Gasteiger partial charge in [0.1, 0.15) is 5.82 Å². The Morgan fingerprint density at radius 3 is 2.55 bits per heavy atom. The van der Waals surface area contributed by atoms with Gasteiger partial charge in [0.05, 0.1) is 5.56 Å². The summed E-state index contributed by atoms with van der Waals surface area (Å²) in [5.41, 5.74) is 1.08. The topological polar surface area (TPSA) is 20.3 Å². The number of hydrogen-bond donors (Lipinski definition) is 1. The molecule has 0 saturated carbocycles. The highest BCUT2D eigenvalue weighted by Crippen LogP contribution is 2.17. The molecule has 0 aliphatic heterocycles. The van der Waals surface area contributed by atoms with Gasteiger partial charge in [-0.05, 0) is 30.7 Å². The third kappa shape index (κ3) is 3.39. The number of halogens is 1. The molecule has 1 amide bonds. The molecule has 2 aromatic carbocycles. The van der Waals surface area contributed by atoms with E-state index < -0.39 is 5.82 Å². The number of rotatable bonds is 4.